The molecule has 1 N–H and O–H groups in total. The van der Waals surface area contributed by atoms with Crippen molar-refractivity contribution in [3.8, 4) is 0 Å². The molecule has 0 atom stereocenters. The average Bonchev–Trinajstić information content (AvgIpc) is 2.77. The summed E-state index contributed by atoms with van der Waals surface area (Å²) in [5.74, 6) is -0.557. The SMILES string of the molecule is C/C(=N/NC(=O)CN(c1ccc(Br)cc1)S(=O)(=O)c1ccccc1)c1ccc(Br)cc1. The van der Waals surface area contributed by atoms with Crippen LogP contribution in [0.25, 0.3) is 0 Å². The summed E-state index contributed by atoms with van der Waals surface area (Å²) in [6, 6.07) is 22.2. The number of nitrogens with one attached hydrogen (secondary N) is 1. The van der Waals surface area contributed by atoms with Gasteiger partial charge >= 0.3 is 0 Å². The van der Waals surface area contributed by atoms with Crippen LogP contribution in [0, 0.1) is 0 Å². The number of carbonyl (C=O) groups is 1. The van der Waals surface area contributed by atoms with E-state index >= 15 is 0 Å². The second-order valence-corrected chi connectivity index (χ2v) is 10.2. The number of amides is 1. The second-order valence-electron chi connectivity index (χ2n) is 6.54. The van der Waals surface area contributed by atoms with Crippen LogP contribution in [-0.4, -0.2) is 26.6 Å². The number of sulfonamides is 1. The highest BCUT2D eigenvalue weighted by atomic mass is 79.9. The van der Waals surface area contributed by atoms with Gasteiger partial charge in [0.15, 0.2) is 0 Å². The zero-order chi connectivity index (χ0) is 22.4. The van der Waals surface area contributed by atoms with E-state index in [0.717, 1.165) is 18.8 Å². The first kappa shape index (κ1) is 23.2. The van der Waals surface area contributed by atoms with Crippen LogP contribution in [-0.2, 0) is 14.8 Å². The van der Waals surface area contributed by atoms with Crippen LogP contribution < -0.4 is 9.73 Å². The summed E-state index contributed by atoms with van der Waals surface area (Å²) in [7, 11) is -3.95. The molecule has 0 fully saturated rings. The number of hydrogen-bond acceptors (Lipinski definition) is 4. The fraction of sp³-hybridized carbons (Fsp3) is 0.0909. The molecule has 160 valence electrons. The summed E-state index contributed by atoms with van der Waals surface area (Å²) >= 11 is 6.71. The van der Waals surface area contributed by atoms with E-state index in [2.05, 4.69) is 42.4 Å². The third kappa shape index (κ3) is 6.03. The minimum atomic E-state index is -3.95. The minimum absolute atomic E-state index is 0.0975. The van der Waals surface area contributed by atoms with Gasteiger partial charge in [0.2, 0.25) is 0 Å². The van der Waals surface area contributed by atoms with Gasteiger partial charge in [0.25, 0.3) is 15.9 Å². The Morgan fingerprint density at radius 1 is 0.903 bits per heavy atom. The predicted molar refractivity (Wildman–Crippen MR) is 130 cm³/mol. The monoisotopic (exact) mass is 563 g/mol. The molecule has 0 spiro atoms. The molecule has 0 unspecified atom stereocenters. The van der Waals surface area contributed by atoms with Gasteiger partial charge in [-0.15, -0.1) is 0 Å². The van der Waals surface area contributed by atoms with Gasteiger partial charge in [0.05, 0.1) is 16.3 Å². The van der Waals surface area contributed by atoms with Crippen LogP contribution in [0.2, 0.25) is 0 Å². The molecule has 0 aliphatic rings. The molecule has 1 amide bonds. The van der Waals surface area contributed by atoms with Crippen LogP contribution in [0.15, 0.2) is 97.8 Å². The van der Waals surface area contributed by atoms with Crippen molar-refractivity contribution >= 4 is 59.2 Å². The van der Waals surface area contributed by atoms with E-state index in [-0.39, 0.29) is 4.90 Å². The molecule has 3 aromatic carbocycles. The lowest BCUT2D eigenvalue weighted by atomic mass is 10.1. The van der Waals surface area contributed by atoms with E-state index in [0.29, 0.717) is 11.4 Å². The maximum atomic E-state index is 13.2. The normalized spacial score (nSPS) is 11.8. The molecule has 6 nitrogen and oxygen atoms in total. The average molecular weight is 565 g/mol. The molecule has 0 aliphatic heterocycles. The van der Waals surface area contributed by atoms with Crippen molar-refractivity contribution in [1.29, 1.82) is 0 Å². The third-order valence-corrected chi connectivity index (χ3v) is 7.19. The van der Waals surface area contributed by atoms with E-state index in [9.17, 15) is 13.2 Å². The molecular formula is C22H19Br2N3O3S. The lowest BCUT2D eigenvalue weighted by molar-refractivity contribution is -0.119. The van der Waals surface area contributed by atoms with Crippen molar-refractivity contribution in [2.75, 3.05) is 10.8 Å². The Bertz CT molecular complexity index is 1180. The predicted octanol–water partition coefficient (Wildman–Crippen LogP) is 4.95. The van der Waals surface area contributed by atoms with Crippen LogP contribution in [0.5, 0.6) is 0 Å². The molecular weight excluding hydrogens is 546 g/mol. The summed E-state index contributed by atoms with van der Waals surface area (Å²) in [6.45, 7) is 1.34. The van der Waals surface area contributed by atoms with E-state index in [1.54, 1.807) is 49.4 Å². The molecule has 0 bridgehead atoms. The number of halogens is 2. The molecule has 0 aromatic heterocycles. The highest BCUT2D eigenvalue weighted by molar-refractivity contribution is 9.10. The van der Waals surface area contributed by atoms with Gasteiger partial charge in [0, 0.05) is 8.95 Å². The Labute approximate surface area is 198 Å². The summed E-state index contributed by atoms with van der Waals surface area (Å²) in [5, 5.41) is 4.11. The molecule has 31 heavy (non-hydrogen) atoms. The Morgan fingerprint density at radius 3 is 2.03 bits per heavy atom. The Morgan fingerprint density at radius 2 is 1.45 bits per heavy atom. The van der Waals surface area contributed by atoms with Crippen molar-refractivity contribution in [1.82, 2.24) is 5.43 Å². The largest absolute Gasteiger partial charge is 0.271 e. The minimum Gasteiger partial charge on any atom is -0.271 e. The summed E-state index contributed by atoms with van der Waals surface area (Å²) in [6.07, 6.45) is 0. The first-order valence-electron chi connectivity index (χ1n) is 9.20. The lowest BCUT2D eigenvalue weighted by Crippen LogP contribution is -2.39. The molecule has 0 radical (unpaired) electrons. The fourth-order valence-electron chi connectivity index (χ4n) is 2.71. The molecule has 0 aliphatic carbocycles. The van der Waals surface area contributed by atoms with E-state index in [4.69, 9.17) is 0 Å². The van der Waals surface area contributed by atoms with Gasteiger partial charge in [-0.2, -0.15) is 5.10 Å². The lowest BCUT2D eigenvalue weighted by Gasteiger charge is -2.23. The third-order valence-electron chi connectivity index (χ3n) is 4.34. The summed E-state index contributed by atoms with van der Waals surface area (Å²) < 4.78 is 29.3. The zero-order valence-corrected chi connectivity index (χ0v) is 20.5. The molecule has 0 saturated heterocycles. The highest BCUT2D eigenvalue weighted by Crippen LogP contribution is 2.25. The number of hydrazone groups is 1. The van der Waals surface area contributed by atoms with Gasteiger partial charge < -0.3 is 0 Å². The van der Waals surface area contributed by atoms with Crippen molar-refractivity contribution in [3.63, 3.8) is 0 Å². The fourth-order valence-corrected chi connectivity index (χ4v) is 4.68. The Hall–Kier alpha value is -2.49. The number of nitrogens with zero attached hydrogens (tertiary/aromatic N) is 2. The van der Waals surface area contributed by atoms with Crippen LogP contribution in [0.4, 0.5) is 5.69 Å². The van der Waals surface area contributed by atoms with Crippen LogP contribution >= 0.6 is 31.9 Å². The van der Waals surface area contributed by atoms with Gasteiger partial charge in [-0.05, 0) is 61.0 Å². The number of benzene rings is 3. The summed E-state index contributed by atoms with van der Waals surface area (Å²) in [5.41, 5.74) is 4.26. The molecule has 9 heteroatoms. The van der Waals surface area contributed by atoms with Crippen molar-refractivity contribution in [2.24, 2.45) is 5.10 Å². The number of hydrogen-bond donors (Lipinski definition) is 1. The van der Waals surface area contributed by atoms with Crippen LogP contribution in [0.3, 0.4) is 0 Å². The van der Waals surface area contributed by atoms with Crippen molar-refractivity contribution in [3.05, 3.63) is 93.4 Å². The molecule has 0 heterocycles. The van der Waals surface area contributed by atoms with E-state index < -0.39 is 22.5 Å². The Balaban J connectivity index is 1.84. The Kier molecular flexibility index (Phi) is 7.64. The first-order valence-corrected chi connectivity index (χ1v) is 12.2. The maximum absolute atomic E-state index is 13.2. The van der Waals surface area contributed by atoms with Gasteiger partial charge in [-0.3, -0.25) is 9.10 Å². The van der Waals surface area contributed by atoms with E-state index in [1.165, 1.54) is 12.1 Å². The van der Waals surface area contributed by atoms with Gasteiger partial charge in [-0.25, -0.2) is 13.8 Å². The molecule has 0 saturated carbocycles. The molecule has 3 aromatic rings. The van der Waals surface area contributed by atoms with Crippen LogP contribution in [0.1, 0.15) is 12.5 Å². The maximum Gasteiger partial charge on any atom is 0.264 e. The first-order chi connectivity index (χ1) is 14.8. The molecule has 3 rings (SSSR count). The smallest absolute Gasteiger partial charge is 0.264 e. The summed E-state index contributed by atoms with van der Waals surface area (Å²) in [4.78, 5) is 12.7. The topological polar surface area (TPSA) is 78.8 Å². The standard InChI is InChI=1S/C22H19Br2N3O3S/c1-16(17-7-9-18(23)10-8-17)25-26-22(28)15-27(20-13-11-19(24)12-14-20)31(29,30)21-5-3-2-4-6-21/h2-14H,15H2,1H3,(H,26,28)/b25-16-. The number of anilines is 1. The van der Waals surface area contributed by atoms with Gasteiger partial charge in [-0.1, -0.05) is 62.2 Å². The highest BCUT2D eigenvalue weighted by Gasteiger charge is 2.27. The van der Waals surface area contributed by atoms with Crippen molar-refractivity contribution < 1.29 is 13.2 Å². The second kappa shape index (κ2) is 10.2. The van der Waals surface area contributed by atoms with Crippen molar-refractivity contribution in [2.45, 2.75) is 11.8 Å². The van der Waals surface area contributed by atoms with Gasteiger partial charge in [0.1, 0.15) is 6.54 Å². The number of carbonyl (C=O) groups excluding carboxylic acids is 1. The quantitative estimate of drug-likeness (QED) is 0.326. The zero-order valence-electron chi connectivity index (χ0n) is 16.5. The van der Waals surface area contributed by atoms with E-state index in [1.807, 2.05) is 24.3 Å². The number of rotatable bonds is 7.